The van der Waals surface area contributed by atoms with Crippen molar-refractivity contribution in [1.29, 1.82) is 0 Å². The molecule has 2 heterocycles. The first-order chi connectivity index (χ1) is 12.1. The van der Waals surface area contributed by atoms with E-state index in [2.05, 4.69) is 20.9 Å². The van der Waals surface area contributed by atoms with Gasteiger partial charge in [-0.15, -0.1) is 0 Å². The first-order valence-electron chi connectivity index (χ1n) is 8.31. The highest BCUT2D eigenvalue weighted by molar-refractivity contribution is 6.34. The van der Waals surface area contributed by atoms with Crippen LogP contribution in [0, 0.1) is 0 Å². The molecule has 5 nitrogen and oxygen atoms in total. The normalized spacial score (nSPS) is 15.2. The molecule has 0 aliphatic carbocycles. The number of anilines is 1. The summed E-state index contributed by atoms with van der Waals surface area (Å²) in [5, 5.41) is 0. The fraction of sp³-hybridized carbons (Fsp3) is 0.389. The summed E-state index contributed by atoms with van der Waals surface area (Å²) in [7, 11) is 15.0. The molecule has 1 saturated heterocycles. The van der Waals surface area contributed by atoms with Gasteiger partial charge in [-0.25, -0.2) is 0 Å². The van der Waals surface area contributed by atoms with Gasteiger partial charge in [-0.05, 0) is 23.2 Å². The second kappa shape index (κ2) is 7.83. The van der Waals surface area contributed by atoms with Crippen LogP contribution in [0.4, 0.5) is 5.82 Å². The summed E-state index contributed by atoms with van der Waals surface area (Å²) >= 11 is 0. The van der Waals surface area contributed by atoms with Crippen LogP contribution in [0.5, 0.6) is 11.6 Å². The third kappa shape index (κ3) is 4.10. The summed E-state index contributed by atoms with van der Waals surface area (Å²) < 4.78 is 10.4. The number of nitrogens with zero attached hydrogens (tertiary/aromatic N) is 3. The minimum absolute atomic E-state index is 0.480. The minimum Gasteiger partial charge on any atom is -0.497 e. The molecule has 1 aromatic heterocycles. The maximum atomic E-state index is 5.99. The molecule has 0 atom stereocenters. The van der Waals surface area contributed by atoms with Crippen LogP contribution >= 0.6 is 0 Å². The van der Waals surface area contributed by atoms with Gasteiger partial charge in [0.05, 0.1) is 14.2 Å². The largest absolute Gasteiger partial charge is 0.497 e. The Bertz CT molecular complexity index is 734. The Morgan fingerprint density at radius 1 is 0.960 bits per heavy atom. The number of piperazine rings is 1. The Labute approximate surface area is 151 Å². The molecular weight excluding hydrogens is 312 g/mol. The number of rotatable bonds is 5. The predicted octanol–water partition coefficient (Wildman–Crippen LogP) is 0.00860. The SMILES string of the molecule is [B]c1cc(CN2CCN(c3ccc([B])c(OC)n3)CC2)ccc1OC. The zero-order chi connectivity index (χ0) is 17.8. The summed E-state index contributed by atoms with van der Waals surface area (Å²) in [6.45, 7) is 4.61. The van der Waals surface area contributed by atoms with Gasteiger partial charge in [-0.3, -0.25) is 4.90 Å². The molecule has 0 N–H and O–H groups in total. The third-order valence-corrected chi connectivity index (χ3v) is 4.46. The first-order valence-corrected chi connectivity index (χ1v) is 8.31. The van der Waals surface area contributed by atoms with Crippen LogP contribution < -0.4 is 25.3 Å². The van der Waals surface area contributed by atoms with Crippen LogP contribution in [0.25, 0.3) is 0 Å². The maximum absolute atomic E-state index is 5.99. The van der Waals surface area contributed by atoms with E-state index in [0.717, 1.165) is 44.3 Å². The van der Waals surface area contributed by atoms with Gasteiger partial charge < -0.3 is 14.4 Å². The highest BCUT2D eigenvalue weighted by atomic mass is 16.5. The molecule has 2 aromatic rings. The Morgan fingerprint density at radius 2 is 1.72 bits per heavy atom. The number of hydrogen-bond donors (Lipinski definition) is 0. The molecule has 0 bridgehead atoms. The van der Waals surface area contributed by atoms with E-state index in [-0.39, 0.29) is 0 Å². The molecule has 0 saturated carbocycles. The van der Waals surface area contributed by atoms with E-state index >= 15 is 0 Å². The van der Waals surface area contributed by atoms with Gasteiger partial charge in [0.15, 0.2) is 0 Å². The van der Waals surface area contributed by atoms with Crippen molar-refractivity contribution in [2.24, 2.45) is 0 Å². The summed E-state index contributed by atoms with van der Waals surface area (Å²) in [4.78, 5) is 9.14. The van der Waals surface area contributed by atoms with Crippen molar-refractivity contribution >= 4 is 32.4 Å². The molecular formula is C18H21B2N3O2. The number of hydrogen-bond acceptors (Lipinski definition) is 5. The molecule has 1 fully saturated rings. The van der Waals surface area contributed by atoms with E-state index in [1.54, 1.807) is 14.2 Å². The highest BCUT2D eigenvalue weighted by Gasteiger charge is 2.19. The van der Waals surface area contributed by atoms with Crippen molar-refractivity contribution in [2.75, 3.05) is 45.3 Å². The summed E-state index contributed by atoms with van der Waals surface area (Å²) in [5.41, 5.74) is 2.43. The zero-order valence-corrected chi connectivity index (χ0v) is 14.7. The van der Waals surface area contributed by atoms with Gasteiger partial charge in [0, 0.05) is 32.7 Å². The molecule has 25 heavy (non-hydrogen) atoms. The topological polar surface area (TPSA) is 37.8 Å². The molecule has 3 rings (SSSR count). The van der Waals surface area contributed by atoms with Crippen molar-refractivity contribution in [3.63, 3.8) is 0 Å². The van der Waals surface area contributed by atoms with E-state index in [1.807, 2.05) is 24.3 Å². The second-order valence-electron chi connectivity index (χ2n) is 6.11. The van der Waals surface area contributed by atoms with E-state index in [0.29, 0.717) is 16.8 Å². The summed E-state index contributed by atoms with van der Waals surface area (Å²) in [6, 6.07) is 9.75. The fourth-order valence-electron chi connectivity index (χ4n) is 3.06. The van der Waals surface area contributed by atoms with Crippen molar-refractivity contribution in [1.82, 2.24) is 9.88 Å². The Morgan fingerprint density at radius 3 is 2.36 bits per heavy atom. The molecule has 0 spiro atoms. The number of methoxy groups -OCH3 is 2. The van der Waals surface area contributed by atoms with E-state index in [1.165, 1.54) is 5.56 Å². The number of ether oxygens (including phenoxy) is 2. The summed E-state index contributed by atoms with van der Waals surface area (Å²) in [6.07, 6.45) is 0. The molecule has 126 valence electrons. The maximum Gasteiger partial charge on any atom is 0.207 e. The van der Waals surface area contributed by atoms with Crippen LogP contribution in [0.3, 0.4) is 0 Å². The Kier molecular flexibility index (Phi) is 5.53. The Hall–Kier alpha value is -2.14. The fourth-order valence-corrected chi connectivity index (χ4v) is 3.06. The Balaban J connectivity index is 1.59. The number of aromatic nitrogens is 1. The van der Waals surface area contributed by atoms with Crippen molar-refractivity contribution in [3.05, 3.63) is 35.9 Å². The van der Waals surface area contributed by atoms with Gasteiger partial charge >= 0.3 is 0 Å². The lowest BCUT2D eigenvalue weighted by Gasteiger charge is -2.35. The van der Waals surface area contributed by atoms with Crippen LogP contribution in [-0.4, -0.2) is 66.0 Å². The van der Waals surface area contributed by atoms with Crippen molar-refractivity contribution < 1.29 is 9.47 Å². The van der Waals surface area contributed by atoms with Crippen LogP contribution in [0.1, 0.15) is 5.56 Å². The van der Waals surface area contributed by atoms with Gasteiger partial charge in [-0.1, -0.05) is 23.7 Å². The predicted molar refractivity (Wildman–Crippen MR) is 102 cm³/mol. The number of benzene rings is 1. The minimum atomic E-state index is 0.480. The quantitative estimate of drug-likeness (QED) is 0.721. The van der Waals surface area contributed by atoms with Crippen LogP contribution in [0.2, 0.25) is 0 Å². The molecule has 4 radical (unpaired) electrons. The lowest BCUT2D eigenvalue weighted by Crippen LogP contribution is -2.46. The van der Waals surface area contributed by atoms with E-state index in [9.17, 15) is 0 Å². The standard InChI is InChI=1S/C18H21B2N3O2/c1-24-16-5-3-13(11-15(16)20)12-22-7-9-23(10-8-22)17-6-4-14(19)18(21-17)25-2/h3-6,11H,7-10,12H2,1-2H3. The molecule has 1 aliphatic rings. The van der Waals surface area contributed by atoms with E-state index < -0.39 is 0 Å². The van der Waals surface area contributed by atoms with Gasteiger partial charge in [0.25, 0.3) is 0 Å². The number of pyridine rings is 1. The zero-order valence-electron chi connectivity index (χ0n) is 14.7. The monoisotopic (exact) mass is 333 g/mol. The average molecular weight is 333 g/mol. The third-order valence-electron chi connectivity index (χ3n) is 4.46. The average Bonchev–Trinajstić information content (AvgIpc) is 2.63. The molecule has 1 aliphatic heterocycles. The smallest absolute Gasteiger partial charge is 0.207 e. The van der Waals surface area contributed by atoms with Gasteiger partial charge in [0.2, 0.25) is 5.88 Å². The molecule has 7 heteroatoms. The van der Waals surface area contributed by atoms with Crippen molar-refractivity contribution in [3.8, 4) is 11.6 Å². The lowest BCUT2D eigenvalue weighted by atomic mass is 9.93. The lowest BCUT2D eigenvalue weighted by molar-refractivity contribution is 0.249. The van der Waals surface area contributed by atoms with E-state index in [4.69, 9.17) is 25.2 Å². The van der Waals surface area contributed by atoms with Crippen molar-refractivity contribution in [2.45, 2.75) is 6.54 Å². The molecule has 0 unspecified atom stereocenters. The second-order valence-corrected chi connectivity index (χ2v) is 6.11. The highest BCUT2D eigenvalue weighted by Crippen LogP contribution is 2.17. The first kappa shape index (κ1) is 17.7. The summed E-state index contributed by atoms with van der Waals surface area (Å²) in [5.74, 6) is 2.10. The van der Waals surface area contributed by atoms with Gasteiger partial charge in [-0.2, -0.15) is 4.98 Å². The molecule has 1 aromatic carbocycles. The van der Waals surface area contributed by atoms with Crippen LogP contribution in [0.15, 0.2) is 30.3 Å². The van der Waals surface area contributed by atoms with Gasteiger partial charge in [0.1, 0.15) is 27.3 Å². The van der Waals surface area contributed by atoms with Crippen LogP contribution in [-0.2, 0) is 6.54 Å². The molecule has 0 amide bonds.